The summed E-state index contributed by atoms with van der Waals surface area (Å²) in [6.45, 7) is 3.96. The van der Waals surface area contributed by atoms with Gasteiger partial charge in [-0.15, -0.1) is 0 Å². The van der Waals surface area contributed by atoms with Crippen LogP contribution < -0.4 is 4.90 Å². The van der Waals surface area contributed by atoms with E-state index in [4.69, 9.17) is 16.9 Å². The highest BCUT2D eigenvalue weighted by Crippen LogP contribution is 2.43. The highest BCUT2D eigenvalue weighted by atomic mass is 35.5. The minimum atomic E-state index is -0.634. The number of hydrogen-bond donors (Lipinski definition) is 0. The van der Waals surface area contributed by atoms with E-state index >= 15 is 0 Å². The van der Waals surface area contributed by atoms with E-state index in [1.165, 1.54) is 6.07 Å². The molecule has 7 nitrogen and oxygen atoms in total. The number of piperazine rings is 1. The lowest BCUT2D eigenvalue weighted by Crippen LogP contribution is -2.54. The van der Waals surface area contributed by atoms with E-state index in [9.17, 15) is 14.4 Å². The molecule has 134 valence electrons. The van der Waals surface area contributed by atoms with Crippen LogP contribution in [0.25, 0.3) is 0 Å². The van der Waals surface area contributed by atoms with Crippen molar-refractivity contribution in [2.45, 2.75) is 44.8 Å². The SMILES string of the molecule is CCC(=O)N1C[C@H]2CC1[C@@H]1C(=O)N(c3ccc(C#N)c(Cl)c3C)C(=O)N21. The van der Waals surface area contributed by atoms with Gasteiger partial charge in [0.05, 0.1) is 28.4 Å². The van der Waals surface area contributed by atoms with Gasteiger partial charge in [-0.2, -0.15) is 5.26 Å². The van der Waals surface area contributed by atoms with Crippen LogP contribution in [-0.4, -0.2) is 52.3 Å². The fraction of sp³-hybridized carbons (Fsp3) is 0.444. The highest BCUT2D eigenvalue weighted by molar-refractivity contribution is 6.33. The summed E-state index contributed by atoms with van der Waals surface area (Å²) in [6.07, 6.45) is 1.03. The Morgan fingerprint density at radius 1 is 1.38 bits per heavy atom. The number of hydrogen-bond acceptors (Lipinski definition) is 4. The number of carbonyl (C=O) groups is 3. The molecular formula is C18H17ClN4O3. The van der Waals surface area contributed by atoms with Crippen molar-refractivity contribution >= 4 is 35.1 Å². The van der Waals surface area contributed by atoms with Crippen LogP contribution in [0, 0.1) is 18.3 Å². The number of carbonyl (C=O) groups excluding carboxylic acids is 3. The maximum atomic E-state index is 13.1. The lowest BCUT2D eigenvalue weighted by molar-refractivity contribution is -0.135. The van der Waals surface area contributed by atoms with Crippen molar-refractivity contribution in [3.05, 3.63) is 28.3 Å². The summed E-state index contributed by atoms with van der Waals surface area (Å²) in [7, 11) is 0. The van der Waals surface area contributed by atoms with Crippen LogP contribution in [0.4, 0.5) is 10.5 Å². The van der Waals surface area contributed by atoms with E-state index < -0.39 is 6.04 Å². The number of rotatable bonds is 2. The molecule has 0 spiro atoms. The molecule has 8 heteroatoms. The third-order valence-corrected chi connectivity index (χ3v) is 6.09. The quantitative estimate of drug-likeness (QED) is 0.744. The maximum absolute atomic E-state index is 13.1. The Kier molecular flexibility index (Phi) is 3.70. The Labute approximate surface area is 155 Å². The number of urea groups is 1. The second kappa shape index (κ2) is 5.71. The predicted molar refractivity (Wildman–Crippen MR) is 93.6 cm³/mol. The monoisotopic (exact) mass is 372 g/mol. The number of anilines is 1. The van der Waals surface area contributed by atoms with Crippen molar-refractivity contribution in [2.75, 3.05) is 11.4 Å². The molecule has 3 heterocycles. The summed E-state index contributed by atoms with van der Waals surface area (Å²) in [4.78, 5) is 42.7. The van der Waals surface area contributed by atoms with Crippen molar-refractivity contribution in [1.29, 1.82) is 5.26 Å². The molecule has 3 fully saturated rings. The highest BCUT2D eigenvalue weighted by Gasteiger charge is 2.62. The molecule has 1 aromatic rings. The van der Waals surface area contributed by atoms with Gasteiger partial charge in [0.2, 0.25) is 5.91 Å². The van der Waals surface area contributed by atoms with Gasteiger partial charge in [0.1, 0.15) is 12.1 Å². The topological polar surface area (TPSA) is 84.7 Å². The van der Waals surface area contributed by atoms with Gasteiger partial charge >= 0.3 is 6.03 Å². The van der Waals surface area contributed by atoms with Crippen molar-refractivity contribution in [3.63, 3.8) is 0 Å². The summed E-state index contributed by atoms with van der Waals surface area (Å²) >= 11 is 6.21. The van der Waals surface area contributed by atoms with Crippen LogP contribution in [0.15, 0.2) is 12.1 Å². The Morgan fingerprint density at radius 3 is 2.77 bits per heavy atom. The number of fused-ring (bicyclic) bond motifs is 5. The Hall–Kier alpha value is -2.59. The molecule has 0 saturated carbocycles. The fourth-order valence-corrected chi connectivity index (χ4v) is 4.57. The van der Waals surface area contributed by atoms with Crippen molar-refractivity contribution in [2.24, 2.45) is 0 Å². The molecular weight excluding hydrogens is 356 g/mol. The smallest absolute Gasteiger partial charge is 0.332 e. The van der Waals surface area contributed by atoms with Gasteiger partial charge in [-0.25, -0.2) is 9.69 Å². The number of nitriles is 1. The molecule has 0 aromatic heterocycles. The molecule has 0 aliphatic carbocycles. The molecule has 26 heavy (non-hydrogen) atoms. The maximum Gasteiger partial charge on any atom is 0.332 e. The van der Waals surface area contributed by atoms with Crippen LogP contribution in [0.1, 0.15) is 30.9 Å². The van der Waals surface area contributed by atoms with Gasteiger partial charge in [-0.1, -0.05) is 18.5 Å². The summed E-state index contributed by atoms with van der Waals surface area (Å²) in [5.74, 6) is -0.326. The van der Waals surface area contributed by atoms with Gasteiger partial charge < -0.3 is 9.80 Å². The van der Waals surface area contributed by atoms with Crippen LogP contribution >= 0.6 is 11.6 Å². The molecule has 2 bridgehead atoms. The second-order valence-electron chi connectivity index (χ2n) is 6.85. The average molecular weight is 373 g/mol. The molecule has 0 N–H and O–H groups in total. The van der Waals surface area contributed by atoms with Gasteiger partial charge in [-0.05, 0) is 31.0 Å². The second-order valence-corrected chi connectivity index (χ2v) is 7.23. The predicted octanol–water partition coefficient (Wildman–Crippen LogP) is 2.05. The van der Waals surface area contributed by atoms with Crippen molar-refractivity contribution in [1.82, 2.24) is 9.80 Å². The summed E-state index contributed by atoms with van der Waals surface area (Å²) in [5.41, 5.74) is 1.21. The lowest BCUT2D eigenvalue weighted by Gasteiger charge is -2.34. The van der Waals surface area contributed by atoms with E-state index in [0.29, 0.717) is 36.2 Å². The summed E-state index contributed by atoms with van der Waals surface area (Å²) in [5, 5.41) is 9.33. The first-order valence-corrected chi connectivity index (χ1v) is 8.93. The minimum absolute atomic E-state index is 0.00782. The molecule has 3 saturated heterocycles. The Morgan fingerprint density at radius 2 is 2.12 bits per heavy atom. The van der Waals surface area contributed by atoms with E-state index in [-0.39, 0.29) is 35.0 Å². The van der Waals surface area contributed by atoms with Gasteiger partial charge in [0.25, 0.3) is 5.91 Å². The third kappa shape index (κ3) is 2.02. The normalized spacial score (nSPS) is 26.5. The molecule has 3 atom stereocenters. The fourth-order valence-electron chi connectivity index (χ4n) is 4.37. The zero-order valence-electron chi connectivity index (χ0n) is 14.4. The first-order chi connectivity index (χ1) is 12.4. The number of nitrogens with zero attached hydrogens (tertiary/aromatic N) is 4. The van der Waals surface area contributed by atoms with Gasteiger partial charge in [0.15, 0.2) is 0 Å². The van der Waals surface area contributed by atoms with Crippen molar-refractivity contribution < 1.29 is 14.4 Å². The number of imide groups is 1. The Balaban J connectivity index is 1.72. The molecule has 3 aliphatic heterocycles. The van der Waals surface area contributed by atoms with Crippen molar-refractivity contribution in [3.8, 4) is 6.07 Å². The molecule has 0 radical (unpaired) electrons. The number of halogens is 1. The first kappa shape index (κ1) is 16.9. The molecule has 3 aliphatic rings. The van der Waals surface area contributed by atoms with Gasteiger partial charge in [0, 0.05) is 13.0 Å². The zero-order valence-corrected chi connectivity index (χ0v) is 15.2. The van der Waals surface area contributed by atoms with Crippen LogP contribution in [0.3, 0.4) is 0 Å². The zero-order chi connectivity index (χ0) is 18.7. The van der Waals surface area contributed by atoms with Gasteiger partial charge in [-0.3, -0.25) is 9.59 Å². The van der Waals surface area contributed by atoms with Crippen LogP contribution in [-0.2, 0) is 9.59 Å². The standard InChI is InChI=1S/C18H17ClN4O3/c1-3-14(24)21-8-11-6-13(21)16-17(25)23(18(26)22(11)16)12-5-4-10(7-20)15(19)9(12)2/h4-5,11,13,16H,3,6,8H2,1-2H3/t11-,13?,16-/m1/s1. The summed E-state index contributed by atoms with van der Waals surface area (Å²) < 4.78 is 0. The average Bonchev–Trinajstić information content (AvgIpc) is 3.29. The summed E-state index contributed by atoms with van der Waals surface area (Å²) in [6, 6.07) is 3.68. The first-order valence-electron chi connectivity index (χ1n) is 8.55. The Bertz CT molecular complexity index is 893. The number of benzene rings is 1. The lowest BCUT2D eigenvalue weighted by atomic mass is 10.1. The van der Waals surface area contributed by atoms with E-state index in [0.717, 1.165) is 4.90 Å². The number of amides is 4. The minimum Gasteiger partial charge on any atom is -0.335 e. The van der Waals surface area contributed by atoms with E-state index in [1.54, 1.807) is 29.7 Å². The van der Waals surface area contributed by atoms with E-state index in [2.05, 4.69) is 0 Å². The molecule has 1 aromatic carbocycles. The largest absolute Gasteiger partial charge is 0.335 e. The number of likely N-dealkylation sites (tertiary alicyclic amines) is 1. The molecule has 4 amide bonds. The van der Waals surface area contributed by atoms with Crippen LogP contribution in [0.2, 0.25) is 5.02 Å². The third-order valence-electron chi connectivity index (χ3n) is 5.61. The molecule has 4 rings (SSSR count). The van der Waals surface area contributed by atoms with Crippen LogP contribution in [0.5, 0.6) is 0 Å². The van der Waals surface area contributed by atoms with E-state index in [1.807, 2.05) is 6.07 Å². The molecule has 1 unspecified atom stereocenters.